The summed E-state index contributed by atoms with van der Waals surface area (Å²) < 4.78 is 10.8. The molecule has 4 rings (SSSR count). The molecule has 1 aromatic carbocycles. The van der Waals surface area contributed by atoms with Crippen molar-refractivity contribution in [2.24, 2.45) is 0 Å². The van der Waals surface area contributed by atoms with Gasteiger partial charge in [0.05, 0.1) is 19.6 Å². The van der Waals surface area contributed by atoms with Crippen molar-refractivity contribution in [1.29, 1.82) is 0 Å². The van der Waals surface area contributed by atoms with Gasteiger partial charge in [-0.2, -0.15) is 0 Å². The second kappa shape index (κ2) is 11.0. The second-order valence-electron chi connectivity index (χ2n) is 7.69. The third kappa shape index (κ3) is 5.79. The number of hydrogen-bond acceptors (Lipinski definition) is 7. The van der Waals surface area contributed by atoms with E-state index in [1.807, 2.05) is 12.1 Å². The number of hydrogen-bond donors (Lipinski definition) is 3. The molecule has 0 bridgehead atoms. The quantitative estimate of drug-likeness (QED) is 0.417. The number of aryl methyl sites for hydroxylation is 1. The van der Waals surface area contributed by atoms with Crippen molar-refractivity contribution < 1.29 is 24.5 Å². The Balaban J connectivity index is 0.000000668. The summed E-state index contributed by atoms with van der Waals surface area (Å²) in [6.45, 7) is 2.80. The topological polar surface area (TPSA) is 114 Å². The molecule has 3 N–H and O–H groups in total. The average molecular weight is 460 g/mol. The lowest BCUT2D eigenvalue weighted by Gasteiger charge is -2.21. The van der Waals surface area contributed by atoms with Gasteiger partial charge in [-0.1, -0.05) is 25.3 Å². The van der Waals surface area contributed by atoms with E-state index in [-0.39, 0.29) is 0 Å². The molecule has 1 fully saturated rings. The normalized spacial score (nSPS) is 13.8. The van der Waals surface area contributed by atoms with Crippen molar-refractivity contribution in [3.63, 3.8) is 0 Å². The molecule has 0 aliphatic heterocycles. The minimum atomic E-state index is -1.83. The average Bonchev–Trinajstić information content (AvgIpc) is 3.18. The Bertz CT molecular complexity index is 1060. The van der Waals surface area contributed by atoms with Crippen molar-refractivity contribution in [3.8, 4) is 11.5 Å². The molecule has 0 amide bonds. The molecule has 8 nitrogen and oxygen atoms in total. The molecular formula is C23H29N3O5S. The van der Waals surface area contributed by atoms with Crippen molar-refractivity contribution >= 4 is 33.5 Å². The van der Waals surface area contributed by atoms with Crippen LogP contribution in [0.5, 0.6) is 11.5 Å². The zero-order chi connectivity index (χ0) is 23.1. The fourth-order valence-corrected chi connectivity index (χ4v) is 4.88. The third-order valence-corrected chi connectivity index (χ3v) is 6.50. The van der Waals surface area contributed by atoms with Gasteiger partial charge in [0, 0.05) is 12.5 Å². The molecule has 0 atom stereocenters. The molecule has 0 saturated heterocycles. The maximum atomic E-state index is 8.56. The van der Waals surface area contributed by atoms with E-state index in [1.54, 1.807) is 25.6 Å². The lowest BCUT2D eigenvalue weighted by Crippen LogP contribution is -2.11. The van der Waals surface area contributed by atoms with Gasteiger partial charge in [0.2, 0.25) is 0 Å². The first-order chi connectivity index (χ1) is 15.4. The molecule has 2 aromatic heterocycles. The van der Waals surface area contributed by atoms with Crippen molar-refractivity contribution in [2.45, 2.75) is 51.5 Å². The van der Waals surface area contributed by atoms with Crippen LogP contribution in [0.4, 0.5) is 10.6 Å². The third-order valence-electron chi connectivity index (χ3n) is 5.51. The minimum absolute atomic E-state index is 0.488. The van der Waals surface area contributed by atoms with Crippen LogP contribution < -0.4 is 14.8 Å². The molecule has 172 valence electrons. The Morgan fingerprint density at radius 2 is 1.81 bits per heavy atom. The maximum Gasteiger partial charge on any atom is 0.503 e. The van der Waals surface area contributed by atoms with Crippen molar-refractivity contribution in [2.75, 3.05) is 19.5 Å². The van der Waals surface area contributed by atoms with Crippen LogP contribution >= 0.6 is 11.3 Å². The van der Waals surface area contributed by atoms with Gasteiger partial charge >= 0.3 is 6.16 Å². The van der Waals surface area contributed by atoms with Crippen LogP contribution in [-0.2, 0) is 6.54 Å². The maximum absolute atomic E-state index is 8.56. The van der Waals surface area contributed by atoms with Gasteiger partial charge in [-0.05, 0) is 48.4 Å². The number of anilines is 1. The number of ether oxygens (including phenoxy) is 2. The molecule has 0 radical (unpaired) electrons. The summed E-state index contributed by atoms with van der Waals surface area (Å²) in [5.41, 5.74) is 2.35. The van der Waals surface area contributed by atoms with Gasteiger partial charge < -0.3 is 25.0 Å². The minimum Gasteiger partial charge on any atom is -0.493 e. The molecule has 2 heterocycles. The number of thiophene rings is 1. The van der Waals surface area contributed by atoms with Gasteiger partial charge in [0.15, 0.2) is 11.5 Å². The van der Waals surface area contributed by atoms with Crippen molar-refractivity contribution in [1.82, 2.24) is 9.97 Å². The largest absolute Gasteiger partial charge is 0.503 e. The first-order valence-electron chi connectivity index (χ1n) is 10.5. The van der Waals surface area contributed by atoms with E-state index in [0.717, 1.165) is 38.9 Å². The fraction of sp³-hybridized carbons (Fsp3) is 0.435. The van der Waals surface area contributed by atoms with Crippen LogP contribution in [0, 0.1) is 6.92 Å². The van der Waals surface area contributed by atoms with Crippen LogP contribution in [-0.4, -0.2) is 40.6 Å². The molecule has 3 aromatic rings. The molecule has 1 aliphatic rings. The number of fused-ring (bicyclic) bond motifs is 1. The lowest BCUT2D eigenvalue weighted by molar-refractivity contribution is 0.137. The van der Waals surface area contributed by atoms with E-state index in [0.29, 0.717) is 12.5 Å². The number of nitrogens with zero attached hydrogens (tertiary/aromatic N) is 2. The number of rotatable bonds is 6. The monoisotopic (exact) mass is 459 g/mol. The standard InChI is InChI=1S/C22H27N3O2S.CH2O3/c1-14-13-28-22-19(14)21(24-20(25-22)16-7-5-4-6-8-16)23-12-15-9-10-17(26-2)18(11-15)27-3;2-1(3)4/h9-11,13,16H,4-8,12H2,1-3H3,(H,23,24,25);(H2,2,3,4). The Morgan fingerprint density at radius 3 is 2.47 bits per heavy atom. The Labute approximate surface area is 191 Å². The van der Waals surface area contributed by atoms with Gasteiger partial charge in [-0.3, -0.25) is 0 Å². The zero-order valence-electron chi connectivity index (χ0n) is 18.6. The smallest absolute Gasteiger partial charge is 0.493 e. The van der Waals surface area contributed by atoms with Crippen LogP contribution in [0.2, 0.25) is 0 Å². The first-order valence-corrected chi connectivity index (χ1v) is 11.4. The Kier molecular flexibility index (Phi) is 8.10. The molecule has 0 unspecified atom stereocenters. The molecule has 0 spiro atoms. The summed E-state index contributed by atoms with van der Waals surface area (Å²) in [5, 5.41) is 20.8. The summed E-state index contributed by atoms with van der Waals surface area (Å²) >= 11 is 1.71. The zero-order valence-corrected chi connectivity index (χ0v) is 19.4. The lowest BCUT2D eigenvalue weighted by atomic mass is 9.88. The number of nitrogens with one attached hydrogen (secondary N) is 1. The number of aromatic nitrogens is 2. The summed E-state index contributed by atoms with van der Waals surface area (Å²) in [6.07, 6.45) is 4.46. The molecule has 32 heavy (non-hydrogen) atoms. The highest BCUT2D eigenvalue weighted by Crippen LogP contribution is 2.36. The van der Waals surface area contributed by atoms with E-state index in [2.05, 4.69) is 23.7 Å². The number of benzene rings is 1. The van der Waals surface area contributed by atoms with Crippen molar-refractivity contribution in [3.05, 3.63) is 40.5 Å². The van der Waals surface area contributed by atoms with Gasteiger partial charge in [-0.25, -0.2) is 14.8 Å². The molecule has 1 saturated carbocycles. The number of carboxylic acid groups (broad SMARTS) is 2. The summed E-state index contributed by atoms with van der Waals surface area (Å²) in [5.74, 6) is 3.92. The van der Waals surface area contributed by atoms with Gasteiger partial charge in [0.1, 0.15) is 16.5 Å². The predicted octanol–water partition coefficient (Wildman–Crippen LogP) is 5.90. The van der Waals surface area contributed by atoms with Gasteiger partial charge in [0.25, 0.3) is 0 Å². The second-order valence-corrected chi connectivity index (χ2v) is 8.55. The first kappa shape index (κ1) is 23.6. The van der Waals surface area contributed by atoms with E-state index < -0.39 is 6.16 Å². The van der Waals surface area contributed by atoms with Crippen LogP contribution in [0.15, 0.2) is 23.6 Å². The van der Waals surface area contributed by atoms with Crippen LogP contribution in [0.25, 0.3) is 10.2 Å². The van der Waals surface area contributed by atoms with E-state index in [9.17, 15) is 0 Å². The summed E-state index contributed by atoms with van der Waals surface area (Å²) in [6, 6.07) is 6.00. The molecular weight excluding hydrogens is 430 g/mol. The van der Waals surface area contributed by atoms with Crippen LogP contribution in [0.3, 0.4) is 0 Å². The molecule has 1 aliphatic carbocycles. The van der Waals surface area contributed by atoms with Gasteiger partial charge in [-0.15, -0.1) is 11.3 Å². The highest BCUT2D eigenvalue weighted by molar-refractivity contribution is 7.17. The summed E-state index contributed by atoms with van der Waals surface area (Å²) in [4.78, 5) is 19.5. The number of methoxy groups -OCH3 is 2. The Hall–Kier alpha value is -3.07. The van der Waals surface area contributed by atoms with E-state index in [4.69, 9.17) is 34.4 Å². The highest BCUT2D eigenvalue weighted by atomic mass is 32.1. The number of carbonyl (C=O) groups is 1. The van der Waals surface area contributed by atoms with E-state index in [1.165, 1.54) is 37.7 Å². The van der Waals surface area contributed by atoms with E-state index >= 15 is 0 Å². The fourth-order valence-electron chi connectivity index (χ4n) is 3.95. The SMILES string of the molecule is COc1ccc(CNc2nc(C3CCCCC3)nc3scc(C)c23)cc1OC.O=C(O)O. The predicted molar refractivity (Wildman–Crippen MR) is 126 cm³/mol. The Morgan fingerprint density at radius 1 is 1.12 bits per heavy atom. The van der Waals surface area contributed by atoms with Crippen LogP contribution in [0.1, 0.15) is 55.0 Å². The highest BCUT2D eigenvalue weighted by Gasteiger charge is 2.21. The molecule has 9 heteroatoms. The summed E-state index contributed by atoms with van der Waals surface area (Å²) in [7, 11) is 3.31.